The van der Waals surface area contributed by atoms with Crippen LogP contribution in [0, 0.1) is 6.92 Å². The van der Waals surface area contributed by atoms with Crippen molar-refractivity contribution < 1.29 is 9.47 Å². The summed E-state index contributed by atoms with van der Waals surface area (Å²) < 4.78 is 11.8. The van der Waals surface area contributed by atoms with Gasteiger partial charge in [0.25, 0.3) is 0 Å². The molecule has 0 radical (unpaired) electrons. The molecular weight excluding hydrogens is 258 g/mol. The Morgan fingerprint density at radius 1 is 1.42 bits per heavy atom. The fraction of sp³-hybridized carbons (Fsp3) is 0.733. The van der Waals surface area contributed by atoms with Gasteiger partial charge in [-0.05, 0) is 37.4 Å². The van der Waals surface area contributed by atoms with Crippen molar-refractivity contribution in [3.63, 3.8) is 0 Å². The molecule has 2 heterocycles. The van der Waals surface area contributed by atoms with Gasteiger partial charge in [0.2, 0.25) is 0 Å². The lowest BCUT2D eigenvalue weighted by atomic mass is 9.84. The highest BCUT2D eigenvalue weighted by Gasteiger charge is 2.42. The fourth-order valence-corrected chi connectivity index (χ4v) is 4.03. The van der Waals surface area contributed by atoms with Crippen LogP contribution < -0.4 is 5.32 Å². The average Bonchev–Trinajstić information content (AvgIpc) is 2.83. The number of rotatable bonds is 6. The van der Waals surface area contributed by atoms with Crippen LogP contribution in [0.4, 0.5) is 0 Å². The molecule has 108 valence electrons. The van der Waals surface area contributed by atoms with Crippen molar-refractivity contribution in [2.75, 3.05) is 26.4 Å². The SMILES string of the molecule is CCNC(c1sccc1C)C1(OCC)CCOCC1. The number of hydrogen-bond donors (Lipinski definition) is 1. The minimum Gasteiger partial charge on any atom is -0.381 e. The van der Waals surface area contributed by atoms with E-state index in [-0.39, 0.29) is 11.6 Å². The molecule has 1 aromatic rings. The summed E-state index contributed by atoms with van der Waals surface area (Å²) in [5.74, 6) is 0. The molecule has 2 rings (SSSR count). The summed E-state index contributed by atoms with van der Waals surface area (Å²) in [6.45, 7) is 9.74. The topological polar surface area (TPSA) is 30.5 Å². The van der Waals surface area contributed by atoms with E-state index in [0.717, 1.165) is 39.2 Å². The van der Waals surface area contributed by atoms with Gasteiger partial charge in [-0.15, -0.1) is 11.3 Å². The smallest absolute Gasteiger partial charge is 0.0927 e. The van der Waals surface area contributed by atoms with Gasteiger partial charge in [-0.2, -0.15) is 0 Å². The van der Waals surface area contributed by atoms with Crippen molar-refractivity contribution in [2.24, 2.45) is 0 Å². The van der Waals surface area contributed by atoms with Crippen molar-refractivity contribution >= 4 is 11.3 Å². The molecule has 1 aliphatic rings. The average molecular weight is 283 g/mol. The van der Waals surface area contributed by atoms with Crippen LogP contribution in [0.3, 0.4) is 0 Å². The zero-order chi connectivity index (χ0) is 13.7. The predicted molar refractivity (Wildman–Crippen MR) is 79.9 cm³/mol. The zero-order valence-electron chi connectivity index (χ0n) is 12.2. The number of likely N-dealkylation sites (N-methyl/N-ethyl adjacent to an activating group) is 1. The summed E-state index contributed by atoms with van der Waals surface area (Å²) in [6.07, 6.45) is 1.94. The molecule has 1 aliphatic heterocycles. The molecule has 0 spiro atoms. The quantitative estimate of drug-likeness (QED) is 0.869. The van der Waals surface area contributed by atoms with Crippen molar-refractivity contribution in [3.8, 4) is 0 Å². The first-order valence-electron chi connectivity index (χ1n) is 7.22. The number of ether oxygens (including phenoxy) is 2. The van der Waals surface area contributed by atoms with Crippen LogP contribution >= 0.6 is 11.3 Å². The number of thiophene rings is 1. The monoisotopic (exact) mass is 283 g/mol. The summed E-state index contributed by atoms with van der Waals surface area (Å²) in [5.41, 5.74) is 1.25. The second kappa shape index (κ2) is 6.84. The number of nitrogens with one attached hydrogen (secondary N) is 1. The van der Waals surface area contributed by atoms with Crippen LogP contribution in [0.5, 0.6) is 0 Å². The van der Waals surface area contributed by atoms with E-state index in [2.05, 4.69) is 37.5 Å². The molecule has 1 fully saturated rings. The van der Waals surface area contributed by atoms with E-state index in [0.29, 0.717) is 0 Å². The van der Waals surface area contributed by atoms with Gasteiger partial charge in [0.15, 0.2) is 0 Å². The normalized spacial score (nSPS) is 20.4. The zero-order valence-corrected chi connectivity index (χ0v) is 13.0. The Bertz CT molecular complexity index is 380. The van der Waals surface area contributed by atoms with Crippen LogP contribution in [0.1, 0.15) is 43.2 Å². The minimum atomic E-state index is -0.112. The van der Waals surface area contributed by atoms with Crippen molar-refractivity contribution in [3.05, 3.63) is 21.9 Å². The molecule has 0 aliphatic carbocycles. The van der Waals surface area contributed by atoms with Crippen LogP contribution in [-0.2, 0) is 9.47 Å². The third-order valence-electron chi connectivity index (χ3n) is 3.87. The van der Waals surface area contributed by atoms with Crippen LogP contribution in [0.25, 0.3) is 0 Å². The minimum absolute atomic E-state index is 0.112. The van der Waals surface area contributed by atoms with E-state index in [4.69, 9.17) is 9.47 Å². The van der Waals surface area contributed by atoms with Gasteiger partial charge >= 0.3 is 0 Å². The Morgan fingerprint density at radius 2 is 2.16 bits per heavy atom. The molecule has 1 unspecified atom stereocenters. The Hall–Kier alpha value is -0.420. The molecule has 0 aromatic carbocycles. The first-order valence-corrected chi connectivity index (χ1v) is 8.10. The van der Waals surface area contributed by atoms with Crippen molar-refractivity contribution in [2.45, 2.75) is 45.3 Å². The second-order valence-electron chi connectivity index (χ2n) is 5.07. The first kappa shape index (κ1) is 15.0. The molecule has 3 nitrogen and oxygen atoms in total. The molecule has 0 bridgehead atoms. The summed E-state index contributed by atoms with van der Waals surface area (Å²) in [4.78, 5) is 1.41. The summed E-state index contributed by atoms with van der Waals surface area (Å²) in [5, 5.41) is 5.83. The molecular formula is C15H25NO2S. The van der Waals surface area contributed by atoms with Crippen molar-refractivity contribution in [1.29, 1.82) is 0 Å². The van der Waals surface area contributed by atoms with E-state index < -0.39 is 0 Å². The third kappa shape index (κ3) is 3.19. The molecule has 19 heavy (non-hydrogen) atoms. The van der Waals surface area contributed by atoms with Crippen LogP contribution in [0.15, 0.2) is 11.4 Å². The highest BCUT2D eigenvalue weighted by molar-refractivity contribution is 7.10. The lowest BCUT2D eigenvalue weighted by Gasteiger charge is -2.43. The summed E-state index contributed by atoms with van der Waals surface area (Å²) in [7, 11) is 0. The van der Waals surface area contributed by atoms with Gasteiger partial charge in [-0.3, -0.25) is 0 Å². The summed E-state index contributed by atoms with van der Waals surface area (Å²) >= 11 is 1.83. The van der Waals surface area contributed by atoms with Gasteiger partial charge in [0.05, 0.1) is 11.6 Å². The molecule has 4 heteroatoms. The van der Waals surface area contributed by atoms with Gasteiger partial charge in [0, 0.05) is 37.5 Å². The van der Waals surface area contributed by atoms with E-state index in [1.54, 1.807) is 0 Å². The fourth-order valence-electron chi connectivity index (χ4n) is 2.92. The predicted octanol–water partition coefficient (Wildman–Crippen LogP) is 3.29. The molecule has 1 aromatic heterocycles. The lowest BCUT2D eigenvalue weighted by Crippen LogP contribution is -2.49. The van der Waals surface area contributed by atoms with E-state index in [9.17, 15) is 0 Å². The largest absolute Gasteiger partial charge is 0.381 e. The maximum Gasteiger partial charge on any atom is 0.0927 e. The molecule has 0 amide bonds. The Balaban J connectivity index is 2.31. The lowest BCUT2D eigenvalue weighted by molar-refractivity contribution is -0.127. The summed E-state index contributed by atoms with van der Waals surface area (Å²) in [6, 6.07) is 2.48. The molecule has 1 N–H and O–H groups in total. The number of aryl methyl sites for hydroxylation is 1. The molecule has 1 atom stereocenters. The van der Waals surface area contributed by atoms with Gasteiger partial charge in [-0.1, -0.05) is 6.92 Å². The van der Waals surface area contributed by atoms with Crippen LogP contribution in [-0.4, -0.2) is 32.0 Å². The van der Waals surface area contributed by atoms with Gasteiger partial charge in [0.1, 0.15) is 0 Å². The maximum absolute atomic E-state index is 6.23. The molecule has 0 saturated carbocycles. The number of hydrogen-bond acceptors (Lipinski definition) is 4. The maximum atomic E-state index is 6.23. The highest BCUT2D eigenvalue weighted by atomic mass is 32.1. The highest BCUT2D eigenvalue weighted by Crippen LogP contribution is 2.40. The van der Waals surface area contributed by atoms with Gasteiger partial charge < -0.3 is 14.8 Å². The van der Waals surface area contributed by atoms with E-state index in [1.165, 1.54) is 10.4 Å². The standard InChI is InChI=1S/C15H25NO2S/c1-4-16-14(13-12(3)6-11-19-13)15(18-5-2)7-9-17-10-8-15/h6,11,14,16H,4-5,7-10H2,1-3H3. The first-order chi connectivity index (χ1) is 9.23. The Labute approximate surface area is 120 Å². The van der Waals surface area contributed by atoms with E-state index >= 15 is 0 Å². The van der Waals surface area contributed by atoms with Crippen LogP contribution in [0.2, 0.25) is 0 Å². The van der Waals surface area contributed by atoms with Gasteiger partial charge in [-0.25, -0.2) is 0 Å². The van der Waals surface area contributed by atoms with E-state index in [1.807, 2.05) is 11.3 Å². The third-order valence-corrected chi connectivity index (χ3v) is 4.95. The molecule has 1 saturated heterocycles. The second-order valence-corrected chi connectivity index (χ2v) is 6.02. The Kier molecular flexibility index (Phi) is 5.39. The van der Waals surface area contributed by atoms with Crippen molar-refractivity contribution in [1.82, 2.24) is 5.32 Å². The Morgan fingerprint density at radius 3 is 2.68 bits per heavy atom.